The van der Waals surface area contributed by atoms with Crippen molar-refractivity contribution in [2.75, 3.05) is 37.7 Å². The molecule has 1 amide bonds. The molecule has 140 valence electrons. The van der Waals surface area contributed by atoms with Gasteiger partial charge in [0.25, 0.3) is 0 Å². The van der Waals surface area contributed by atoms with Crippen molar-refractivity contribution in [2.45, 2.75) is 19.0 Å². The first kappa shape index (κ1) is 17.3. The van der Waals surface area contributed by atoms with Gasteiger partial charge in [-0.25, -0.2) is 13.2 Å². The number of benzene rings is 1. The third kappa shape index (κ3) is 3.28. The maximum absolute atomic E-state index is 12.6. The molecule has 2 aliphatic rings. The molecule has 0 bridgehead atoms. The summed E-state index contributed by atoms with van der Waals surface area (Å²) in [4.78, 5) is 28.5. The molecule has 1 aromatic carbocycles. The van der Waals surface area contributed by atoms with Crippen LogP contribution in [0, 0.1) is 0 Å². The van der Waals surface area contributed by atoms with E-state index in [2.05, 4.69) is 4.90 Å². The number of amides is 1. The number of nitrogens with zero attached hydrogens (tertiary/aromatic N) is 3. The van der Waals surface area contributed by atoms with E-state index in [1.54, 1.807) is 29.2 Å². The average molecular weight is 379 g/mol. The number of oxazole rings is 1. The molecule has 2 saturated heterocycles. The van der Waals surface area contributed by atoms with E-state index in [-0.39, 0.29) is 30.0 Å². The van der Waals surface area contributed by atoms with Crippen molar-refractivity contribution >= 4 is 26.8 Å². The minimum absolute atomic E-state index is 0.0480. The lowest BCUT2D eigenvalue weighted by Gasteiger charge is -2.37. The van der Waals surface area contributed by atoms with Crippen LogP contribution in [0.25, 0.3) is 11.1 Å². The molecule has 0 unspecified atom stereocenters. The van der Waals surface area contributed by atoms with Crippen LogP contribution >= 0.6 is 0 Å². The zero-order valence-electron chi connectivity index (χ0n) is 14.3. The molecule has 2 aromatic rings. The van der Waals surface area contributed by atoms with Gasteiger partial charge < -0.3 is 9.32 Å². The fourth-order valence-electron chi connectivity index (χ4n) is 3.80. The molecule has 2 fully saturated rings. The van der Waals surface area contributed by atoms with E-state index in [1.165, 1.54) is 4.57 Å². The van der Waals surface area contributed by atoms with E-state index >= 15 is 0 Å². The van der Waals surface area contributed by atoms with Gasteiger partial charge >= 0.3 is 5.76 Å². The van der Waals surface area contributed by atoms with Gasteiger partial charge in [0.05, 0.1) is 17.0 Å². The summed E-state index contributed by atoms with van der Waals surface area (Å²) in [6, 6.07) is 7.10. The highest BCUT2D eigenvalue weighted by molar-refractivity contribution is 7.91. The summed E-state index contributed by atoms with van der Waals surface area (Å²) in [5, 5.41) is 0. The number of fused-ring (bicyclic) bond motifs is 1. The Morgan fingerprint density at radius 1 is 1.15 bits per heavy atom. The maximum Gasteiger partial charge on any atom is 0.420 e. The van der Waals surface area contributed by atoms with E-state index < -0.39 is 15.6 Å². The fourth-order valence-corrected chi connectivity index (χ4v) is 5.56. The molecule has 8 nitrogen and oxygen atoms in total. The van der Waals surface area contributed by atoms with Crippen molar-refractivity contribution in [3.63, 3.8) is 0 Å². The predicted octanol–water partition coefficient (Wildman–Crippen LogP) is -0.0742. The highest BCUT2D eigenvalue weighted by atomic mass is 32.2. The fraction of sp³-hybridized carbons (Fsp3) is 0.529. The van der Waals surface area contributed by atoms with E-state index in [1.807, 2.05) is 0 Å². The summed E-state index contributed by atoms with van der Waals surface area (Å²) in [6.07, 6.45) is 0.673. The Bertz CT molecular complexity index is 985. The van der Waals surface area contributed by atoms with Gasteiger partial charge in [0.1, 0.15) is 6.54 Å². The van der Waals surface area contributed by atoms with Gasteiger partial charge in [-0.2, -0.15) is 0 Å². The van der Waals surface area contributed by atoms with Crippen molar-refractivity contribution in [3.05, 3.63) is 34.8 Å². The van der Waals surface area contributed by atoms with Crippen LogP contribution in [-0.4, -0.2) is 72.4 Å². The van der Waals surface area contributed by atoms with E-state index in [0.29, 0.717) is 43.7 Å². The molecule has 1 aromatic heterocycles. The molecular formula is C17H21N3O5S. The molecule has 1 atom stereocenters. The first-order chi connectivity index (χ1) is 12.4. The smallest absolute Gasteiger partial charge is 0.408 e. The maximum atomic E-state index is 12.6. The van der Waals surface area contributed by atoms with Crippen LogP contribution in [0.15, 0.2) is 33.5 Å². The molecule has 0 saturated carbocycles. The quantitative estimate of drug-likeness (QED) is 0.741. The zero-order chi connectivity index (χ0) is 18.3. The molecule has 0 spiro atoms. The first-order valence-corrected chi connectivity index (χ1v) is 10.6. The largest absolute Gasteiger partial charge is 0.420 e. The number of sulfone groups is 1. The number of carbonyl (C=O) groups is 1. The Labute approximate surface area is 150 Å². The Morgan fingerprint density at radius 3 is 2.58 bits per heavy atom. The van der Waals surface area contributed by atoms with Crippen LogP contribution in [0.3, 0.4) is 0 Å². The van der Waals surface area contributed by atoms with E-state index in [9.17, 15) is 18.0 Å². The topological polar surface area (TPSA) is 92.8 Å². The van der Waals surface area contributed by atoms with Crippen molar-refractivity contribution < 1.29 is 17.6 Å². The predicted molar refractivity (Wildman–Crippen MR) is 95.7 cm³/mol. The van der Waals surface area contributed by atoms with E-state index in [0.717, 1.165) is 0 Å². The third-order valence-corrected chi connectivity index (χ3v) is 7.01. The van der Waals surface area contributed by atoms with Crippen LogP contribution in [0.4, 0.5) is 0 Å². The minimum Gasteiger partial charge on any atom is -0.408 e. The Balaban J connectivity index is 1.39. The highest BCUT2D eigenvalue weighted by Gasteiger charge is 2.34. The van der Waals surface area contributed by atoms with Crippen molar-refractivity contribution in [2.24, 2.45) is 0 Å². The monoisotopic (exact) mass is 379 g/mol. The second kappa shape index (κ2) is 6.55. The van der Waals surface area contributed by atoms with Gasteiger partial charge in [-0.05, 0) is 18.6 Å². The van der Waals surface area contributed by atoms with Gasteiger partial charge in [0, 0.05) is 32.2 Å². The van der Waals surface area contributed by atoms with Crippen LogP contribution in [0.2, 0.25) is 0 Å². The number of carbonyl (C=O) groups excluding carboxylic acids is 1. The van der Waals surface area contributed by atoms with Gasteiger partial charge in [0.15, 0.2) is 15.4 Å². The minimum atomic E-state index is -2.91. The second-order valence-electron chi connectivity index (χ2n) is 6.90. The Kier molecular flexibility index (Phi) is 4.36. The Hall–Kier alpha value is -2.13. The van der Waals surface area contributed by atoms with Gasteiger partial charge in [-0.1, -0.05) is 12.1 Å². The van der Waals surface area contributed by atoms with Crippen LogP contribution in [0.5, 0.6) is 0 Å². The van der Waals surface area contributed by atoms with E-state index in [4.69, 9.17) is 4.42 Å². The number of hydrogen-bond donors (Lipinski definition) is 0. The lowest BCUT2D eigenvalue weighted by Crippen LogP contribution is -2.53. The summed E-state index contributed by atoms with van der Waals surface area (Å²) in [7, 11) is -2.91. The van der Waals surface area contributed by atoms with Crippen molar-refractivity contribution in [1.82, 2.24) is 14.4 Å². The van der Waals surface area contributed by atoms with Gasteiger partial charge in [-0.3, -0.25) is 14.3 Å². The highest BCUT2D eigenvalue weighted by Crippen LogP contribution is 2.19. The van der Waals surface area contributed by atoms with Crippen LogP contribution in [0.1, 0.15) is 6.42 Å². The zero-order valence-corrected chi connectivity index (χ0v) is 15.2. The number of aromatic nitrogens is 1. The Morgan fingerprint density at radius 2 is 1.88 bits per heavy atom. The summed E-state index contributed by atoms with van der Waals surface area (Å²) in [6.45, 7) is 2.35. The number of rotatable bonds is 3. The molecule has 0 N–H and O–H groups in total. The standard InChI is InChI=1S/C17H21N3O5S/c21-16(11-20-14-3-1-2-4-15(14)25-17(20)22)19-8-6-18(7-9-19)13-5-10-26(23,24)12-13/h1-4,13H,5-12H2/t13-/m0/s1. The molecule has 26 heavy (non-hydrogen) atoms. The molecule has 3 heterocycles. The number of para-hydroxylation sites is 2. The summed E-state index contributed by atoms with van der Waals surface area (Å²) in [5.74, 6) is -0.184. The van der Waals surface area contributed by atoms with Gasteiger partial charge in [-0.15, -0.1) is 0 Å². The first-order valence-electron chi connectivity index (χ1n) is 8.73. The lowest BCUT2D eigenvalue weighted by molar-refractivity contribution is -0.133. The summed E-state index contributed by atoms with van der Waals surface area (Å²) >= 11 is 0. The number of hydrogen-bond acceptors (Lipinski definition) is 6. The molecule has 0 radical (unpaired) electrons. The normalized spacial score (nSPS) is 23.5. The van der Waals surface area contributed by atoms with Gasteiger partial charge in [0.2, 0.25) is 5.91 Å². The second-order valence-corrected chi connectivity index (χ2v) is 9.12. The third-order valence-electron chi connectivity index (χ3n) is 5.26. The molecule has 9 heteroatoms. The van der Waals surface area contributed by atoms with Crippen LogP contribution in [-0.2, 0) is 21.2 Å². The molecular weight excluding hydrogens is 358 g/mol. The average Bonchev–Trinajstić information content (AvgIpc) is 3.14. The van der Waals surface area contributed by atoms with Crippen molar-refractivity contribution in [3.8, 4) is 0 Å². The summed E-state index contributed by atoms with van der Waals surface area (Å²) in [5.41, 5.74) is 1.08. The van der Waals surface area contributed by atoms with Crippen molar-refractivity contribution in [1.29, 1.82) is 0 Å². The molecule has 0 aliphatic carbocycles. The molecule has 4 rings (SSSR count). The summed E-state index contributed by atoms with van der Waals surface area (Å²) < 4.78 is 29.8. The molecule has 2 aliphatic heterocycles. The lowest BCUT2D eigenvalue weighted by atomic mass is 10.2. The van der Waals surface area contributed by atoms with Crippen LogP contribution < -0.4 is 5.76 Å². The number of piperazine rings is 1. The SMILES string of the molecule is O=C(Cn1c(=O)oc2ccccc21)N1CCN([C@H]2CCS(=O)(=O)C2)CC1.